The molecule has 0 fully saturated rings. The number of nitrogens with one attached hydrogen (secondary N) is 1. The number of allylic oxidation sites excluding steroid dienone is 1. The molecule has 1 atom stereocenters. The fourth-order valence-electron chi connectivity index (χ4n) is 3.06. The van der Waals surface area contributed by atoms with Crippen LogP contribution in [0.25, 0.3) is 0 Å². The number of carbonyl (C=O) groups is 1. The van der Waals surface area contributed by atoms with E-state index in [0.717, 1.165) is 12.1 Å². The molecule has 0 spiro atoms. The van der Waals surface area contributed by atoms with E-state index in [1.165, 1.54) is 13.0 Å². The van der Waals surface area contributed by atoms with Crippen LogP contribution in [0.3, 0.4) is 0 Å². The number of benzene rings is 1. The molecule has 0 saturated carbocycles. The van der Waals surface area contributed by atoms with Gasteiger partial charge in [-0.2, -0.15) is 0 Å². The van der Waals surface area contributed by atoms with Crippen LogP contribution >= 0.6 is 12.2 Å². The van der Waals surface area contributed by atoms with Gasteiger partial charge >= 0.3 is 5.69 Å². The molecule has 1 aromatic rings. The molecular weight excluding hydrogens is 354 g/mol. The lowest BCUT2D eigenvalue weighted by Gasteiger charge is -2.37. The predicted molar refractivity (Wildman–Crippen MR) is 103 cm³/mol. The first-order chi connectivity index (χ1) is 12.3. The first-order valence-electron chi connectivity index (χ1n) is 8.52. The minimum Gasteiger partial charge on any atom is -0.487 e. The summed E-state index contributed by atoms with van der Waals surface area (Å²) < 4.78 is 5.47. The zero-order chi connectivity index (χ0) is 19.4. The van der Waals surface area contributed by atoms with Crippen LogP contribution in [-0.4, -0.2) is 33.9 Å². The van der Waals surface area contributed by atoms with E-state index in [-0.39, 0.29) is 17.2 Å². The fraction of sp³-hybridized carbons (Fsp3) is 0.444. The minimum absolute atomic E-state index is 0.102. The lowest BCUT2D eigenvalue weighted by Crippen LogP contribution is -2.47. The van der Waals surface area contributed by atoms with Crippen molar-refractivity contribution in [2.75, 3.05) is 13.2 Å². The van der Waals surface area contributed by atoms with Gasteiger partial charge in [0, 0.05) is 23.9 Å². The molecule has 1 aliphatic rings. The average Bonchev–Trinajstić information content (AvgIpc) is 2.59. The Balaban J connectivity index is 2.53. The summed E-state index contributed by atoms with van der Waals surface area (Å²) in [5.74, 6) is 0.120. The minimum atomic E-state index is -0.526. The van der Waals surface area contributed by atoms with Crippen molar-refractivity contribution in [3.8, 4) is 5.75 Å². The van der Waals surface area contributed by atoms with Gasteiger partial charge in [0.2, 0.25) is 0 Å². The average molecular weight is 377 g/mol. The fourth-order valence-corrected chi connectivity index (χ4v) is 3.44. The molecule has 0 aromatic heterocycles. The highest BCUT2D eigenvalue weighted by Crippen LogP contribution is 2.35. The van der Waals surface area contributed by atoms with Crippen LogP contribution in [0.2, 0.25) is 0 Å². The molecule has 0 radical (unpaired) electrons. The molecule has 8 heteroatoms. The van der Waals surface area contributed by atoms with Crippen molar-refractivity contribution >= 4 is 28.8 Å². The van der Waals surface area contributed by atoms with E-state index in [2.05, 4.69) is 5.32 Å². The zero-order valence-electron chi connectivity index (χ0n) is 15.4. The number of hydrogen-bond donors (Lipinski definition) is 1. The molecular formula is C18H23N3O4S. The maximum atomic E-state index is 12.3. The number of ether oxygens (including phenoxy) is 1. The number of carbonyl (C=O) groups excluding carboxylic acids is 1. The Morgan fingerprint density at radius 2 is 2.12 bits per heavy atom. The molecule has 0 amide bonds. The normalized spacial score (nSPS) is 17.2. The van der Waals surface area contributed by atoms with Gasteiger partial charge in [0.1, 0.15) is 0 Å². The van der Waals surface area contributed by atoms with Crippen LogP contribution in [0.15, 0.2) is 29.5 Å². The highest BCUT2D eigenvalue weighted by atomic mass is 32.1. The Morgan fingerprint density at radius 3 is 2.65 bits per heavy atom. The first kappa shape index (κ1) is 19.8. The van der Waals surface area contributed by atoms with Crippen molar-refractivity contribution in [3.05, 3.63) is 45.1 Å². The molecule has 1 aliphatic heterocycles. The Hall–Kier alpha value is -2.48. The summed E-state index contributed by atoms with van der Waals surface area (Å²) in [4.78, 5) is 25.1. The van der Waals surface area contributed by atoms with Crippen LogP contribution in [0.4, 0.5) is 5.69 Å². The second kappa shape index (κ2) is 8.27. The van der Waals surface area contributed by atoms with Gasteiger partial charge in [0.15, 0.2) is 16.6 Å². The van der Waals surface area contributed by atoms with Crippen molar-refractivity contribution in [2.45, 2.75) is 40.2 Å². The van der Waals surface area contributed by atoms with Crippen LogP contribution in [-0.2, 0) is 4.79 Å². The zero-order valence-corrected chi connectivity index (χ0v) is 16.2. The molecule has 1 unspecified atom stereocenters. The molecule has 0 bridgehead atoms. The largest absolute Gasteiger partial charge is 0.487 e. The Kier molecular flexibility index (Phi) is 6.31. The molecule has 1 heterocycles. The Bertz CT molecular complexity index is 776. The number of thiocarbonyl (C=S) groups is 1. The van der Waals surface area contributed by atoms with Gasteiger partial charge in [-0.1, -0.05) is 13.0 Å². The molecule has 1 N–H and O–H groups in total. The number of nitrogens with zero attached hydrogens (tertiary/aromatic N) is 2. The summed E-state index contributed by atoms with van der Waals surface area (Å²) in [6.45, 7) is 8.23. The maximum Gasteiger partial charge on any atom is 0.311 e. The monoisotopic (exact) mass is 377 g/mol. The summed E-state index contributed by atoms with van der Waals surface area (Å²) in [6.07, 6.45) is 0.751. The van der Waals surface area contributed by atoms with Crippen molar-refractivity contribution in [1.29, 1.82) is 0 Å². The van der Waals surface area contributed by atoms with E-state index in [0.29, 0.717) is 29.4 Å². The molecule has 140 valence electrons. The van der Waals surface area contributed by atoms with E-state index in [9.17, 15) is 14.9 Å². The molecule has 0 aliphatic carbocycles. The topological polar surface area (TPSA) is 84.7 Å². The van der Waals surface area contributed by atoms with Gasteiger partial charge in [-0.3, -0.25) is 14.9 Å². The lowest BCUT2D eigenvalue weighted by atomic mass is 9.92. The van der Waals surface area contributed by atoms with E-state index in [1.807, 2.05) is 25.7 Å². The second-order valence-electron chi connectivity index (χ2n) is 6.01. The Labute approximate surface area is 158 Å². The third-order valence-electron chi connectivity index (χ3n) is 4.27. The number of hydrogen-bond acceptors (Lipinski definition) is 5. The van der Waals surface area contributed by atoms with E-state index < -0.39 is 11.0 Å². The molecule has 26 heavy (non-hydrogen) atoms. The smallest absolute Gasteiger partial charge is 0.311 e. The Morgan fingerprint density at radius 1 is 1.42 bits per heavy atom. The van der Waals surface area contributed by atoms with Crippen LogP contribution < -0.4 is 10.1 Å². The number of nitro benzene ring substituents is 1. The standard InChI is InChI=1S/C18H23N3O4S/c1-5-9-25-15-8-7-13(10-14(15)21(23)24)17-16(12(4)22)11(3)20(6-2)18(26)19-17/h7-8,10,17H,5-6,9H2,1-4H3,(H,19,26). The summed E-state index contributed by atoms with van der Waals surface area (Å²) >= 11 is 5.40. The van der Waals surface area contributed by atoms with Gasteiger partial charge in [-0.15, -0.1) is 0 Å². The van der Waals surface area contributed by atoms with Crippen molar-refractivity contribution in [2.24, 2.45) is 0 Å². The highest BCUT2D eigenvalue weighted by Gasteiger charge is 2.32. The van der Waals surface area contributed by atoms with Gasteiger partial charge in [-0.25, -0.2) is 0 Å². The van der Waals surface area contributed by atoms with Crippen molar-refractivity contribution in [1.82, 2.24) is 10.2 Å². The van der Waals surface area contributed by atoms with Crippen LogP contribution in [0.5, 0.6) is 5.75 Å². The first-order valence-corrected chi connectivity index (χ1v) is 8.93. The molecule has 7 nitrogen and oxygen atoms in total. The number of nitro groups is 1. The number of Topliss-reactive ketones (excluding diaryl/α,β-unsaturated/α-hetero) is 1. The van der Waals surface area contributed by atoms with Crippen molar-refractivity contribution in [3.63, 3.8) is 0 Å². The third-order valence-corrected chi connectivity index (χ3v) is 4.60. The number of rotatable bonds is 7. The van der Waals surface area contributed by atoms with Gasteiger partial charge in [0.05, 0.1) is 17.6 Å². The van der Waals surface area contributed by atoms with Crippen molar-refractivity contribution < 1.29 is 14.5 Å². The van der Waals surface area contributed by atoms with E-state index >= 15 is 0 Å². The highest BCUT2D eigenvalue weighted by molar-refractivity contribution is 7.80. The predicted octanol–water partition coefficient (Wildman–Crippen LogP) is 3.50. The molecule has 0 saturated heterocycles. The summed E-state index contributed by atoms with van der Waals surface area (Å²) in [5, 5.41) is 15.1. The second-order valence-corrected chi connectivity index (χ2v) is 6.40. The third kappa shape index (κ3) is 3.85. The lowest BCUT2D eigenvalue weighted by molar-refractivity contribution is -0.385. The summed E-state index contributed by atoms with van der Waals surface area (Å²) in [5.41, 5.74) is 1.80. The van der Waals surface area contributed by atoms with Gasteiger partial charge in [-0.05, 0) is 51.0 Å². The molecule has 2 rings (SSSR count). The van der Waals surface area contributed by atoms with Crippen LogP contribution in [0.1, 0.15) is 45.7 Å². The summed E-state index contributed by atoms with van der Waals surface area (Å²) in [7, 11) is 0. The SMILES string of the molecule is CCCOc1ccc(C2NC(=S)N(CC)C(C)=C2C(C)=O)cc1[N+](=O)[O-]. The van der Waals surface area contributed by atoms with Gasteiger partial charge < -0.3 is 15.0 Å². The quantitative estimate of drug-likeness (QED) is 0.442. The van der Waals surface area contributed by atoms with Gasteiger partial charge in [0.25, 0.3) is 0 Å². The number of ketones is 1. The maximum absolute atomic E-state index is 12.3. The molecule has 1 aromatic carbocycles. The van der Waals surface area contributed by atoms with Crippen LogP contribution in [0, 0.1) is 10.1 Å². The summed E-state index contributed by atoms with van der Waals surface area (Å²) in [6, 6.07) is 4.23. The van der Waals surface area contributed by atoms with E-state index in [1.54, 1.807) is 12.1 Å². The van der Waals surface area contributed by atoms with E-state index in [4.69, 9.17) is 17.0 Å².